The summed E-state index contributed by atoms with van der Waals surface area (Å²) in [4.78, 5) is 42.0. The molecule has 3 aromatic rings. The van der Waals surface area contributed by atoms with Gasteiger partial charge in [-0.3, -0.25) is 19.8 Å². The van der Waals surface area contributed by atoms with Crippen LogP contribution in [0.2, 0.25) is 4.34 Å². The minimum Gasteiger partial charge on any atom is -0.480 e. The quantitative estimate of drug-likeness (QED) is 0.558. The zero-order valence-electron chi connectivity index (χ0n) is 16.8. The number of halogens is 1. The summed E-state index contributed by atoms with van der Waals surface area (Å²) in [6.07, 6.45) is 0. The number of amides is 2. The number of nitrogens with one attached hydrogen (secondary N) is 1. The molecule has 2 aliphatic rings. The van der Waals surface area contributed by atoms with Gasteiger partial charge in [0.2, 0.25) is 11.8 Å². The molecule has 2 fully saturated rings. The summed E-state index contributed by atoms with van der Waals surface area (Å²) >= 11 is 7.42. The summed E-state index contributed by atoms with van der Waals surface area (Å²) < 4.78 is 0.531. The van der Waals surface area contributed by atoms with E-state index in [1.807, 2.05) is 30.3 Å². The smallest absolute Gasteiger partial charge is 0.329 e. The number of carboxylic acids is 1. The number of nitrogens with zero attached hydrogens (tertiary/aromatic N) is 1. The van der Waals surface area contributed by atoms with Gasteiger partial charge in [0, 0.05) is 4.88 Å². The predicted octanol–water partition coefficient (Wildman–Crippen LogP) is 3.83. The molecule has 4 unspecified atom stereocenters. The van der Waals surface area contributed by atoms with Crippen molar-refractivity contribution >= 4 is 40.7 Å². The number of carboxylic acid groups (broad SMARTS) is 1. The third kappa shape index (κ3) is 3.08. The third-order valence-electron chi connectivity index (χ3n) is 6.30. The maximum absolute atomic E-state index is 13.7. The van der Waals surface area contributed by atoms with Crippen LogP contribution in [0, 0.1) is 11.8 Å². The summed E-state index contributed by atoms with van der Waals surface area (Å²) in [5.41, 5.74) is -0.487. The molecule has 2 aliphatic heterocycles. The molecule has 2 amide bonds. The molecule has 162 valence electrons. The molecule has 2 N–H and O–H groups in total. The molecule has 0 bridgehead atoms. The van der Waals surface area contributed by atoms with Gasteiger partial charge in [-0.25, -0.2) is 4.79 Å². The standard InChI is InChI=1S/C24H19ClN2O4S/c25-17-12-11-16(32-17)20-18-19(24(26-20,23(30)31)15-9-5-2-6-10-15)22(29)27(21(18)28)13-14-7-3-1-4-8-14/h1-12,18-20,26H,13H2,(H,30,31). The molecule has 2 saturated heterocycles. The van der Waals surface area contributed by atoms with E-state index in [0.717, 1.165) is 10.4 Å². The number of imide groups is 1. The minimum atomic E-state index is -1.73. The summed E-state index contributed by atoms with van der Waals surface area (Å²) in [7, 11) is 0. The van der Waals surface area contributed by atoms with E-state index in [1.165, 1.54) is 16.2 Å². The fraction of sp³-hybridized carbons (Fsp3) is 0.208. The van der Waals surface area contributed by atoms with Gasteiger partial charge < -0.3 is 5.11 Å². The van der Waals surface area contributed by atoms with Crippen LogP contribution in [0.1, 0.15) is 22.0 Å². The van der Waals surface area contributed by atoms with Gasteiger partial charge in [-0.05, 0) is 23.3 Å². The van der Waals surface area contributed by atoms with E-state index in [-0.39, 0.29) is 12.5 Å². The highest BCUT2D eigenvalue weighted by Gasteiger charge is 2.69. The first-order valence-corrected chi connectivity index (χ1v) is 11.3. The second-order valence-electron chi connectivity index (χ2n) is 7.99. The average Bonchev–Trinajstić information content (AvgIpc) is 3.46. The summed E-state index contributed by atoms with van der Waals surface area (Å²) in [6, 6.07) is 20.7. The molecule has 2 aromatic carbocycles. The molecule has 4 atom stereocenters. The van der Waals surface area contributed by atoms with Gasteiger partial charge in [-0.15, -0.1) is 11.3 Å². The summed E-state index contributed by atoms with van der Waals surface area (Å²) in [6.45, 7) is 0.105. The van der Waals surface area contributed by atoms with Crippen LogP contribution >= 0.6 is 22.9 Å². The van der Waals surface area contributed by atoms with Crippen molar-refractivity contribution in [2.24, 2.45) is 11.8 Å². The number of thiophene rings is 1. The highest BCUT2D eigenvalue weighted by Crippen LogP contribution is 2.54. The number of carbonyl (C=O) groups excluding carboxylic acids is 2. The van der Waals surface area contributed by atoms with Crippen LogP contribution in [0.3, 0.4) is 0 Å². The SMILES string of the molecule is O=C1C2C(c3ccc(Cl)s3)NC(C(=O)O)(c3ccccc3)C2C(=O)N1Cc1ccccc1. The number of aliphatic carboxylic acids is 1. The van der Waals surface area contributed by atoms with Crippen molar-refractivity contribution in [3.05, 3.63) is 93.1 Å². The maximum Gasteiger partial charge on any atom is 0.329 e. The second-order valence-corrected chi connectivity index (χ2v) is 9.74. The fourth-order valence-corrected chi connectivity index (χ4v) is 6.07. The van der Waals surface area contributed by atoms with Crippen molar-refractivity contribution < 1.29 is 19.5 Å². The van der Waals surface area contributed by atoms with Crippen LogP contribution < -0.4 is 5.32 Å². The van der Waals surface area contributed by atoms with Crippen molar-refractivity contribution in [3.8, 4) is 0 Å². The topological polar surface area (TPSA) is 86.7 Å². The van der Waals surface area contributed by atoms with Crippen molar-refractivity contribution in [1.29, 1.82) is 0 Å². The van der Waals surface area contributed by atoms with Gasteiger partial charge in [0.05, 0.1) is 28.8 Å². The number of fused-ring (bicyclic) bond motifs is 1. The van der Waals surface area contributed by atoms with E-state index < -0.39 is 35.3 Å². The largest absolute Gasteiger partial charge is 0.480 e. The monoisotopic (exact) mass is 466 g/mol. The van der Waals surface area contributed by atoms with Crippen molar-refractivity contribution in [2.75, 3.05) is 0 Å². The zero-order valence-corrected chi connectivity index (χ0v) is 18.3. The Bertz CT molecular complexity index is 1200. The molecule has 0 aliphatic carbocycles. The molecule has 5 rings (SSSR count). The lowest BCUT2D eigenvalue weighted by molar-refractivity contribution is -0.152. The Labute approximate surface area is 193 Å². The molecule has 0 spiro atoms. The van der Waals surface area contributed by atoms with E-state index in [4.69, 9.17) is 11.6 Å². The van der Waals surface area contributed by atoms with Crippen LogP contribution in [0.5, 0.6) is 0 Å². The van der Waals surface area contributed by atoms with Gasteiger partial charge in [-0.2, -0.15) is 0 Å². The molecule has 0 radical (unpaired) electrons. The normalized spacial score (nSPS) is 27.0. The Balaban J connectivity index is 1.65. The molecule has 8 heteroatoms. The van der Waals surface area contributed by atoms with E-state index >= 15 is 0 Å². The maximum atomic E-state index is 13.7. The number of hydrogen-bond donors (Lipinski definition) is 2. The van der Waals surface area contributed by atoms with Gasteiger partial charge in [0.25, 0.3) is 0 Å². The van der Waals surface area contributed by atoms with Crippen LogP contribution in [0.25, 0.3) is 0 Å². The van der Waals surface area contributed by atoms with E-state index in [0.29, 0.717) is 9.90 Å². The molecule has 6 nitrogen and oxygen atoms in total. The van der Waals surface area contributed by atoms with E-state index in [1.54, 1.807) is 42.5 Å². The Morgan fingerprint density at radius 3 is 2.25 bits per heavy atom. The molecule has 32 heavy (non-hydrogen) atoms. The van der Waals surface area contributed by atoms with Gasteiger partial charge in [0.15, 0.2) is 5.54 Å². The fourth-order valence-electron chi connectivity index (χ4n) is 4.91. The number of likely N-dealkylation sites (tertiary alicyclic amines) is 1. The van der Waals surface area contributed by atoms with Crippen LogP contribution in [0.15, 0.2) is 72.8 Å². The molecular weight excluding hydrogens is 448 g/mol. The third-order valence-corrected chi connectivity index (χ3v) is 7.62. The number of benzene rings is 2. The van der Waals surface area contributed by atoms with Crippen LogP contribution in [0.4, 0.5) is 0 Å². The number of rotatable bonds is 5. The summed E-state index contributed by atoms with van der Waals surface area (Å²) in [5, 5.41) is 13.6. The molecule has 0 saturated carbocycles. The van der Waals surface area contributed by atoms with E-state index in [2.05, 4.69) is 5.32 Å². The first-order chi connectivity index (χ1) is 15.4. The first-order valence-electron chi connectivity index (χ1n) is 10.1. The Hall–Kier alpha value is -3.00. The lowest BCUT2D eigenvalue weighted by Gasteiger charge is -2.31. The van der Waals surface area contributed by atoms with Gasteiger partial charge >= 0.3 is 5.97 Å². The number of hydrogen-bond acceptors (Lipinski definition) is 5. The zero-order chi connectivity index (χ0) is 22.5. The second kappa shape index (κ2) is 7.85. The van der Waals surface area contributed by atoms with Gasteiger partial charge in [-0.1, -0.05) is 72.3 Å². The Morgan fingerprint density at radius 1 is 1.00 bits per heavy atom. The minimum absolute atomic E-state index is 0.105. The Kier molecular flexibility index (Phi) is 5.12. The van der Waals surface area contributed by atoms with Crippen molar-refractivity contribution in [2.45, 2.75) is 18.1 Å². The van der Waals surface area contributed by atoms with Crippen LogP contribution in [-0.2, 0) is 26.5 Å². The highest BCUT2D eigenvalue weighted by atomic mass is 35.5. The lowest BCUT2D eigenvalue weighted by Crippen LogP contribution is -2.53. The number of carbonyl (C=O) groups is 3. The first kappa shape index (κ1) is 20.9. The molecular formula is C24H19ClN2O4S. The van der Waals surface area contributed by atoms with E-state index in [9.17, 15) is 19.5 Å². The lowest BCUT2D eigenvalue weighted by atomic mass is 9.76. The Morgan fingerprint density at radius 2 is 1.66 bits per heavy atom. The predicted molar refractivity (Wildman–Crippen MR) is 120 cm³/mol. The summed E-state index contributed by atoms with van der Waals surface area (Å²) in [5.74, 6) is -3.97. The van der Waals surface area contributed by atoms with Gasteiger partial charge in [0.1, 0.15) is 0 Å². The van der Waals surface area contributed by atoms with Crippen molar-refractivity contribution in [3.63, 3.8) is 0 Å². The van der Waals surface area contributed by atoms with Crippen LogP contribution in [-0.4, -0.2) is 27.8 Å². The highest BCUT2D eigenvalue weighted by molar-refractivity contribution is 7.16. The average molecular weight is 467 g/mol. The van der Waals surface area contributed by atoms with Crippen molar-refractivity contribution in [1.82, 2.24) is 10.2 Å². The molecule has 3 heterocycles. The molecule has 1 aromatic heterocycles.